The van der Waals surface area contributed by atoms with Gasteiger partial charge in [0.15, 0.2) is 5.78 Å². The van der Waals surface area contributed by atoms with E-state index in [-0.39, 0.29) is 47.0 Å². The monoisotopic (exact) mass is 428 g/mol. The Balaban J connectivity index is 1.72. The van der Waals surface area contributed by atoms with Crippen molar-refractivity contribution in [2.45, 2.75) is 24.7 Å². The number of allylic oxidation sites excluding steroid dienone is 3. The van der Waals surface area contributed by atoms with Crippen LogP contribution in [0.4, 0.5) is 0 Å². The largest absolute Gasteiger partial charge is 0.508 e. The van der Waals surface area contributed by atoms with E-state index in [0.717, 1.165) is 22.3 Å². The molecule has 0 saturated heterocycles. The summed E-state index contributed by atoms with van der Waals surface area (Å²) in [4.78, 5) is 12.8. The predicted molar refractivity (Wildman–Crippen MR) is 123 cm³/mol. The second-order valence-corrected chi connectivity index (χ2v) is 8.11. The highest BCUT2D eigenvalue weighted by molar-refractivity contribution is 5.92. The molecule has 0 spiro atoms. The zero-order valence-electron chi connectivity index (χ0n) is 17.3. The smallest absolute Gasteiger partial charge is 0.156 e. The molecule has 0 aliphatic heterocycles. The predicted octanol–water partition coefficient (Wildman–Crippen LogP) is 5.38. The lowest BCUT2D eigenvalue weighted by molar-refractivity contribution is -0.115. The lowest BCUT2D eigenvalue weighted by Gasteiger charge is -2.26. The lowest BCUT2D eigenvalue weighted by atomic mass is 9.77. The van der Waals surface area contributed by atoms with E-state index >= 15 is 0 Å². The Kier molecular flexibility index (Phi) is 5.99. The molecular weight excluding hydrogens is 404 g/mol. The summed E-state index contributed by atoms with van der Waals surface area (Å²) in [6.07, 6.45) is 6.21. The molecule has 0 bridgehead atoms. The van der Waals surface area contributed by atoms with Crippen LogP contribution in [0.2, 0.25) is 0 Å². The highest BCUT2D eigenvalue weighted by Crippen LogP contribution is 2.44. The highest BCUT2D eigenvalue weighted by atomic mass is 16.3. The zero-order valence-corrected chi connectivity index (χ0v) is 17.3. The molecule has 3 aromatic rings. The minimum Gasteiger partial charge on any atom is -0.508 e. The average Bonchev–Trinajstić information content (AvgIpc) is 2.92. The molecule has 0 saturated carbocycles. The third-order valence-corrected chi connectivity index (χ3v) is 5.77. The summed E-state index contributed by atoms with van der Waals surface area (Å²) < 4.78 is 0. The minimum absolute atomic E-state index is 0.0136. The van der Waals surface area contributed by atoms with Crippen LogP contribution in [0.1, 0.15) is 41.4 Å². The average molecular weight is 428 g/mol. The van der Waals surface area contributed by atoms with Gasteiger partial charge in [0.25, 0.3) is 0 Å². The number of phenolic OH excluding ortho intramolecular Hbond substituents is 4. The van der Waals surface area contributed by atoms with E-state index < -0.39 is 0 Å². The van der Waals surface area contributed by atoms with Crippen LogP contribution in [0.15, 0.2) is 84.5 Å². The molecule has 1 aliphatic carbocycles. The van der Waals surface area contributed by atoms with Crippen molar-refractivity contribution in [3.63, 3.8) is 0 Å². The van der Waals surface area contributed by atoms with Crippen LogP contribution in [-0.2, 0) is 4.79 Å². The SMILES string of the molecule is O=C1C=C(/C=C/c2ccc(O)cc2)C[C@@H](c2cc(O)cc(O)c2)[C@H](c2ccc(O)cc2)C1. The topological polar surface area (TPSA) is 98.0 Å². The van der Waals surface area contributed by atoms with E-state index in [1.165, 1.54) is 6.07 Å². The number of carbonyl (C=O) groups is 1. The van der Waals surface area contributed by atoms with E-state index in [2.05, 4.69) is 0 Å². The van der Waals surface area contributed by atoms with Gasteiger partial charge in [0, 0.05) is 12.5 Å². The first kappa shape index (κ1) is 21.2. The van der Waals surface area contributed by atoms with Gasteiger partial charge < -0.3 is 20.4 Å². The number of hydrogen-bond acceptors (Lipinski definition) is 5. The molecule has 0 fully saturated rings. The molecule has 0 radical (unpaired) electrons. The fraction of sp³-hybridized carbons (Fsp3) is 0.148. The fourth-order valence-corrected chi connectivity index (χ4v) is 4.24. The molecule has 162 valence electrons. The Bertz CT molecular complexity index is 1150. The maximum absolute atomic E-state index is 12.8. The molecule has 5 heteroatoms. The molecule has 5 nitrogen and oxygen atoms in total. The lowest BCUT2D eigenvalue weighted by Crippen LogP contribution is -2.13. The van der Waals surface area contributed by atoms with Crippen LogP contribution < -0.4 is 0 Å². The first-order valence-corrected chi connectivity index (χ1v) is 10.4. The molecule has 0 unspecified atom stereocenters. The first-order valence-electron chi connectivity index (χ1n) is 10.4. The van der Waals surface area contributed by atoms with E-state index in [1.807, 2.05) is 12.2 Å². The van der Waals surface area contributed by atoms with Gasteiger partial charge >= 0.3 is 0 Å². The van der Waals surface area contributed by atoms with Gasteiger partial charge in [0.2, 0.25) is 0 Å². The Morgan fingerprint density at radius 2 is 1.19 bits per heavy atom. The van der Waals surface area contributed by atoms with E-state index in [4.69, 9.17) is 0 Å². The van der Waals surface area contributed by atoms with Gasteiger partial charge in [-0.1, -0.05) is 36.4 Å². The number of benzene rings is 3. The summed E-state index contributed by atoms with van der Waals surface area (Å²) in [6, 6.07) is 18.1. The van der Waals surface area contributed by atoms with Crippen molar-refractivity contribution in [1.29, 1.82) is 0 Å². The first-order chi connectivity index (χ1) is 15.4. The van der Waals surface area contributed by atoms with Crippen molar-refractivity contribution in [3.8, 4) is 23.0 Å². The molecule has 0 aromatic heterocycles. The molecule has 0 heterocycles. The van der Waals surface area contributed by atoms with Crippen LogP contribution in [-0.4, -0.2) is 26.2 Å². The molecule has 32 heavy (non-hydrogen) atoms. The normalized spacial score (nSPS) is 19.0. The molecule has 2 atom stereocenters. The van der Waals surface area contributed by atoms with E-state index in [9.17, 15) is 25.2 Å². The number of carbonyl (C=O) groups excluding carboxylic acids is 1. The molecule has 4 N–H and O–H groups in total. The van der Waals surface area contributed by atoms with Crippen molar-refractivity contribution in [3.05, 3.63) is 101 Å². The van der Waals surface area contributed by atoms with Gasteiger partial charge in [-0.3, -0.25) is 4.79 Å². The summed E-state index contributed by atoms with van der Waals surface area (Å²) in [6.45, 7) is 0. The van der Waals surface area contributed by atoms with Crippen molar-refractivity contribution in [2.75, 3.05) is 0 Å². The van der Waals surface area contributed by atoms with Crippen LogP contribution in [0, 0.1) is 0 Å². The van der Waals surface area contributed by atoms with Crippen LogP contribution in [0.5, 0.6) is 23.0 Å². The molecular formula is C27H24O5. The summed E-state index contributed by atoms with van der Waals surface area (Å²) in [5.41, 5.74) is 3.36. The van der Waals surface area contributed by atoms with Gasteiger partial charge in [-0.05, 0) is 83.0 Å². The Morgan fingerprint density at radius 1 is 0.625 bits per heavy atom. The van der Waals surface area contributed by atoms with Gasteiger partial charge in [-0.15, -0.1) is 0 Å². The van der Waals surface area contributed by atoms with Gasteiger partial charge in [0.1, 0.15) is 23.0 Å². The summed E-state index contributed by atoms with van der Waals surface area (Å²) >= 11 is 0. The van der Waals surface area contributed by atoms with Crippen molar-refractivity contribution >= 4 is 11.9 Å². The minimum atomic E-state index is -0.194. The molecule has 3 aromatic carbocycles. The number of hydrogen-bond donors (Lipinski definition) is 4. The quantitative estimate of drug-likeness (QED) is 0.447. The Hall–Kier alpha value is -3.99. The summed E-state index contributed by atoms with van der Waals surface area (Å²) in [5, 5.41) is 39.3. The molecule has 0 amide bonds. The number of aromatic hydroxyl groups is 4. The van der Waals surface area contributed by atoms with Crippen molar-refractivity contribution < 1.29 is 25.2 Å². The van der Waals surface area contributed by atoms with Crippen LogP contribution in [0.3, 0.4) is 0 Å². The second-order valence-electron chi connectivity index (χ2n) is 8.11. The number of rotatable bonds is 4. The second kappa shape index (κ2) is 9.02. The van der Waals surface area contributed by atoms with Crippen molar-refractivity contribution in [2.24, 2.45) is 0 Å². The van der Waals surface area contributed by atoms with Crippen LogP contribution in [0.25, 0.3) is 6.08 Å². The zero-order chi connectivity index (χ0) is 22.7. The standard InChI is InChI=1S/C27H24O5/c28-21-7-3-17(4-8-21)1-2-18-11-23(30)16-27(19-5-9-22(29)10-6-19)26(12-18)20-13-24(31)15-25(32)14-20/h1-11,13-15,26-29,31-32H,12,16H2/b2-1+/t26-,27-/m0/s1. The summed E-state index contributed by atoms with van der Waals surface area (Å²) in [5.74, 6) is -0.127. The molecule has 4 rings (SSSR count). The Morgan fingerprint density at radius 3 is 1.81 bits per heavy atom. The fourth-order valence-electron chi connectivity index (χ4n) is 4.24. The van der Waals surface area contributed by atoms with Gasteiger partial charge in [-0.25, -0.2) is 0 Å². The third kappa shape index (κ3) is 5.01. The van der Waals surface area contributed by atoms with E-state index in [0.29, 0.717) is 6.42 Å². The van der Waals surface area contributed by atoms with E-state index in [1.54, 1.807) is 66.7 Å². The van der Waals surface area contributed by atoms with Crippen LogP contribution >= 0.6 is 0 Å². The Labute approximate surface area is 186 Å². The number of phenols is 4. The third-order valence-electron chi connectivity index (χ3n) is 5.77. The number of ketones is 1. The van der Waals surface area contributed by atoms with Gasteiger partial charge in [-0.2, -0.15) is 0 Å². The maximum Gasteiger partial charge on any atom is 0.156 e. The highest BCUT2D eigenvalue weighted by Gasteiger charge is 2.30. The van der Waals surface area contributed by atoms with Gasteiger partial charge in [0.05, 0.1) is 0 Å². The molecule has 1 aliphatic rings. The maximum atomic E-state index is 12.8. The summed E-state index contributed by atoms with van der Waals surface area (Å²) in [7, 11) is 0. The van der Waals surface area contributed by atoms with Crippen molar-refractivity contribution in [1.82, 2.24) is 0 Å².